The van der Waals surface area contributed by atoms with Crippen LogP contribution in [0.4, 0.5) is 13.2 Å². The standard InChI is InChI=1S/C13H16F3N/c14-13(15,16)11-3-1-2-10(8-11)9-4-6-12(17)7-5-9/h1-3,8-9,12H,4-7,17H2. The normalized spacial score (nSPS) is 25.9. The van der Waals surface area contributed by atoms with Crippen molar-refractivity contribution in [2.45, 2.75) is 43.8 Å². The Morgan fingerprint density at radius 2 is 1.71 bits per heavy atom. The SMILES string of the molecule is NC1CCC(c2cccc(C(F)(F)F)c2)CC1. The van der Waals surface area contributed by atoms with Gasteiger partial charge in [0.2, 0.25) is 0 Å². The lowest BCUT2D eigenvalue weighted by Crippen LogP contribution is -2.25. The molecule has 1 aliphatic carbocycles. The first-order valence-corrected chi connectivity index (χ1v) is 5.89. The van der Waals surface area contributed by atoms with Crippen molar-refractivity contribution in [3.8, 4) is 0 Å². The van der Waals surface area contributed by atoms with Crippen molar-refractivity contribution < 1.29 is 13.2 Å². The number of hydrogen-bond donors (Lipinski definition) is 1. The molecule has 0 aromatic heterocycles. The Morgan fingerprint density at radius 1 is 1.06 bits per heavy atom. The Morgan fingerprint density at radius 3 is 2.29 bits per heavy atom. The minimum absolute atomic E-state index is 0.219. The van der Waals surface area contributed by atoms with E-state index in [1.165, 1.54) is 12.1 Å². The highest BCUT2D eigenvalue weighted by Crippen LogP contribution is 2.35. The van der Waals surface area contributed by atoms with E-state index in [9.17, 15) is 13.2 Å². The van der Waals surface area contributed by atoms with E-state index in [-0.39, 0.29) is 12.0 Å². The van der Waals surface area contributed by atoms with Gasteiger partial charge >= 0.3 is 6.18 Å². The third-order valence-electron chi connectivity index (χ3n) is 3.46. The van der Waals surface area contributed by atoms with Crippen LogP contribution in [0.5, 0.6) is 0 Å². The van der Waals surface area contributed by atoms with Crippen LogP contribution in [0.15, 0.2) is 24.3 Å². The highest BCUT2D eigenvalue weighted by molar-refractivity contribution is 5.28. The lowest BCUT2D eigenvalue weighted by molar-refractivity contribution is -0.137. The number of benzene rings is 1. The maximum Gasteiger partial charge on any atom is 0.416 e. The summed E-state index contributed by atoms with van der Waals surface area (Å²) in [6, 6.07) is 5.90. The molecule has 1 nitrogen and oxygen atoms in total. The van der Waals surface area contributed by atoms with Gasteiger partial charge in [0.15, 0.2) is 0 Å². The summed E-state index contributed by atoms with van der Waals surface area (Å²) in [6.07, 6.45) is -0.659. The van der Waals surface area contributed by atoms with Gasteiger partial charge in [-0.2, -0.15) is 13.2 Å². The van der Waals surface area contributed by atoms with E-state index < -0.39 is 11.7 Å². The molecule has 17 heavy (non-hydrogen) atoms. The van der Waals surface area contributed by atoms with Gasteiger partial charge in [0.1, 0.15) is 0 Å². The highest BCUT2D eigenvalue weighted by atomic mass is 19.4. The summed E-state index contributed by atoms with van der Waals surface area (Å²) in [5.41, 5.74) is 6.04. The second-order valence-electron chi connectivity index (χ2n) is 4.73. The van der Waals surface area contributed by atoms with E-state index in [2.05, 4.69) is 0 Å². The van der Waals surface area contributed by atoms with Gasteiger partial charge in [-0.05, 0) is 43.2 Å². The molecule has 94 valence electrons. The van der Waals surface area contributed by atoms with E-state index in [1.807, 2.05) is 0 Å². The van der Waals surface area contributed by atoms with E-state index in [4.69, 9.17) is 5.73 Å². The zero-order valence-electron chi connectivity index (χ0n) is 9.50. The second-order valence-corrected chi connectivity index (χ2v) is 4.73. The molecule has 0 spiro atoms. The Kier molecular flexibility index (Phi) is 3.43. The maximum absolute atomic E-state index is 12.6. The summed E-state index contributed by atoms with van der Waals surface area (Å²) in [5, 5.41) is 0. The van der Waals surface area contributed by atoms with Crippen LogP contribution in [0.25, 0.3) is 0 Å². The van der Waals surface area contributed by atoms with Crippen LogP contribution in [-0.4, -0.2) is 6.04 Å². The molecule has 1 aromatic rings. The summed E-state index contributed by atoms with van der Waals surface area (Å²) in [7, 11) is 0. The minimum Gasteiger partial charge on any atom is -0.328 e. The fraction of sp³-hybridized carbons (Fsp3) is 0.538. The van der Waals surface area contributed by atoms with Crippen LogP contribution in [0.2, 0.25) is 0 Å². The molecule has 2 rings (SSSR count). The largest absolute Gasteiger partial charge is 0.416 e. The van der Waals surface area contributed by atoms with E-state index >= 15 is 0 Å². The Labute approximate surface area is 98.8 Å². The summed E-state index contributed by atoms with van der Waals surface area (Å²) in [6.45, 7) is 0. The zero-order valence-corrected chi connectivity index (χ0v) is 9.50. The van der Waals surface area contributed by atoms with E-state index in [0.717, 1.165) is 37.3 Å². The van der Waals surface area contributed by atoms with Crippen molar-refractivity contribution in [3.05, 3.63) is 35.4 Å². The van der Waals surface area contributed by atoms with Gasteiger partial charge in [0, 0.05) is 6.04 Å². The molecule has 0 radical (unpaired) electrons. The van der Waals surface area contributed by atoms with E-state index in [0.29, 0.717) is 0 Å². The molecule has 0 amide bonds. The molecule has 2 N–H and O–H groups in total. The fourth-order valence-corrected chi connectivity index (χ4v) is 2.42. The molecule has 0 heterocycles. The van der Waals surface area contributed by atoms with Gasteiger partial charge in [-0.15, -0.1) is 0 Å². The molecule has 4 heteroatoms. The van der Waals surface area contributed by atoms with Crippen molar-refractivity contribution in [2.24, 2.45) is 5.73 Å². The lowest BCUT2D eigenvalue weighted by atomic mass is 9.81. The molecule has 0 bridgehead atoms. The fourth-order valence-electron chi connectivity index (χ4n) is 2.42. The van der Waals surface area contributed by atoms with Gasteiger partial charge in [0.25, 0.3) is 0 Å². The quantitative estimate of drug-likeness (QED) is 0.799. The number of rotatable bonds is 1. The second kappa shape index (κ2) is 4.69. The van der Waals surface area contributed by atoms with Crippen LogP contribution in [0.1, 0.15) is 42.7 Å². The van der Waals surface area contributed by atoms with Gasteiger partial charge < -0.3 is 5.73 Å². The Hall–Kier alpha value is -1.03. The van der Waals surface area contributed by atoms with Gasteiger partial charge in [0.05, 0.1) is 5.56 Å². The molecule has 0 unspecified atom stereocenters. The Balaban J connectivity index is 2.16. The first-order chi connectivity index (χ1) is 7.97. The number of hydrogen-bond acceptors (Lipinski definition) is 1. The third kappa shape index (κ3) is 3.00. The van der Waals surface area contributed by atoms with Crippen molar-refractivity contribution in [2.75, 3.05) is 0 Å². The maximum atomic E-state index is 12.6. The smallest absolute Gasteiger partial charge is 0.328 e. The molecule has 0 atom stereocenters. The van der Waals surface area contributed by atoms with Gasteiger partial charge in [-0.1, -0.05) is 18.2 Å². The molecule has 0 saturated heterocycles. The lowest BCUT2D eigenvalue weighted by Gasteiger charge is -2.26. The topological polar surface area (TPSA) is 26.0 Å². The van der Waals surface area contributed by atoms with Crippen LogP contribution in [0, 0.1) is 0 Å². The monoisotopic (exact) mass is 243 g/mol. The minimum atomic E-state index is -4.25. The average Bonchev–Trinajstić information content (AvgIpc) is 2.29. The zero-order chi connectivity index (χ0) is 12.5. The summed E-state index contributed by atoms with van der Waals surface area (Å²) >= 11 is 0. The summed E-state index contributed by atoms with van der Waals surface area (Å²) in [4.78, 5) is 0. The molecule has 1 aromatic carbocycles. The van der Waals surface area contributed by atoms with Crippen molar-refractivity contribution in [1.82, 2.24) is 0 Å². The van der Waals surface area contributed by atoms with Crippen LogP contribution >= 0.6 is 0 Å². The summed E-state index contributed by atoms with van der Waals surface area (Å²) < 4.78 is 37.7. The van der Waals surface area contributed by atoms with Crippen molar-refractivity contribution in [3.63, 3.8) is 0 Å². The molecule has 1 saturated carbocycles. The van der Waals surface area contributed by atoms with Crippen LogP contribution < -0.4 is 5.73 Å². The predicted octanol–water partition coefficient (Wildman–Crippen LogP) is 3.69. The molecular weight excluding hydrogens is 227 g/mol. The molecular formula is C13H16F3N. The summed E-state index contributed by atoms with van der Waals surface area (Å²) in [5.74, 6) is 0.233. The first-order valence-electron chi connectivity index (χ1n) is 5.89. The van der Waals surface area contributed by atoms with Crippen LogP contribution in [0.3, 0.4) is 0 Å². The average molecular weight is 243 g/mol. The number of nitrogens with two attached hydrogens (primary N) is 1. The van der Waals surface area contributed by atoms with Gasteiger partial charge in [-0.3, -0.25) is 0 Å². The molecule has 0 aliphatic heterocycles. The van der Waals surface area contributed by atoms with Crippen molar-refractivity contribution in [1.29, 1.82) is 0 Å². The predicted molar refractivity (Wildman–Crippen MR) is 60.6 cm³/mol. The highest BCUT2D eigenvalue weighted by Gasteiger charge is 2.31. The van der Waals surface area contributed by atoms with Crippen LogP contribution in [-0.2, 0) is 6.18 Å². The number of halogens is 3. The first kappa shape index (κ1) is 12.4. The van der Waals surface area contributed by atoms with E-state index in [1.54, 1.807) is 6.07 Å². The van der Waals surface area contributed by atoms with Gasteiger partial charge in [-0.25, -0.2) is 0 Å². The molecule has 1 fully saturated rings. The Bertz CT molecular complexity index is 378. The molecule has 1 aliphatic rings. The van der Waals surface area contributed by atoms with Crippen molar-refractivity contribution >= 4 is 0 Å². The number of alkyl halides is 3. The third-order valence-corrected chi connectivity index (χ3v) is 3.46.